The van der Waals surface area contributed by atoms with Crippen LogP contribution in [0.4, 0.5) is 11.4 Å². The first kappa shape index (κ1) is 13.5. The molecule has 0 bridgehead atoms. The zero-order valence-corrected chi connectivity index (χ0v) is 11.8. The van der Waals surface area contributed by atoms with Gasteiger partial charge < -0.3 is 5.32 Å². The van der Waals surface area contributed by atoms with Gasteiger partial charge in [-0.3, -0.25) is 14.8 Å². The second-order valence-electron chi connectivity index (χ2n) is 3.93. The second kappa shape index (κ2) is 5.79. The zero-order chi connectivity index (χ0) is 13.8. The van der Waals surface area contributed by atoms with Crippen LogP contribution in [0.1, 0.15) is 5.82 Å². The fraction of sp³-hybridized carbons (Fsp3) is 0.273. The molecule has 0 saturated heterocycles. The van der Waals surface area contributed by atoms with E-state index in [9.17, 15) is 10.1 Å². The minimum absolute atomic E-state index is 0.0591. The van der Waals surface area contributed by atoms with E-state index in [2.05, 4.69) is 31.3 Å². The number of benzene rings is 1. The molecule has 19 heavy (non-hydrogen) atoms. The van der Waals surface area contributed by atoms with E-state index >= 15 is 0 Å². The van der Waals surface area contributed by atoms with Gasteiger partial charge in [0.15, 0.2) is 5.82 Å². The molecule has 0 saturated carbocycles. The molecule has 2 rings (SSSR count). The lowest BCUT2D eigenvalue weighted by Crippen LogP contribution is -2.07. The molecule has 1 heterocycles. The zero-order valence-electron chi connectivity index (χ0n) is 10.2. The maximum absolute atomic E-state index is 10.6. The van der Waals surface area contributed by atoms with Gasteiger partial charge in [-0.05, 0) is 22.0 Å². The molecule has 8 heteroatoms. The molecule has 0 aliphatic rings. The van der Waals surface area contributed by atoms with Gasteiger partial charge in [0, 0.05) is 42.3 Å². The standard InChI is InChI=1S/C11H12BrN5O2/c1-16-7-14-11(15-16)4-5-13-10-3-2-8(17(18)19)6-9(10)12/h2-3,6-7,13H,4-5H2,1H3. The van der Waals surface area contributed by atoms with Gasteiger partial charge in [0.1, 0.15) is 6.33 Å². The third-order valence-corrected chi connectivity index (χ3v) is 3.13. The Balaban J connectivity index is 1.94. The Morgan fingerprint density at radius 1 is 1.53 bits per heavy atom. The maximum Gasteiger partial charge on any atom is 0.270 e. The van der Waals surface area contributed by atoms with Gasteiger partial charge in [0.25, 0.3) is 5.69 Å². The number of nitro benzene ring substituents is 1. The van der Waals surface area contributed by atoms with Crippen molar-refractivity contribution in [3.05, 3.63) is 44.9 Å². The number of halogens is 1. The molecule has 100 valence electrons. The minimum atomic E-state index is -0.424. The van der Waals surface area contributed by atoms with Crippen molar-refractivity contribution < 1.29 is 4.92 Å². The van der Waals surface area contributed by atoms with Gasteiger partial charge in [-0.15, -0.1) is 0 Å². The average molecular weight is 326 g/mol. The van der Waals surface area contributed by atoms with Crippen LogP contribution in [0.15, 0.2) is 29.0 Å². The molecule has 1 aromatic carbocycles. The number of nitrogens with zero attached hydrogens (tertiary/aromatic N) is 4. The lowest BCUT2D eigenvalue weighted by Gasteiger charge is -2.06. The number of aromatic nitrogens is 3. The Hall–Kier alpha value is -1.96. The molecule has 0 fully saturated rings. The van der Waals surface area contributed by atoms with Crippen LogP contribution in [0.3, 0.4) is 0 Å². The van der Waals surface area contributed by atoms with Gasteiger partial charge in [-0.1, -0.05) is 0 Å². The second-order valence-corrected chi connectivity index (χ2v) is 4.79. The lowest BCUT2D eigenvalue weighted by molar-refractivity contribution is -0.384. The van der Waals surface area contributed by atoms with Crippen molar-refractivity contribution in [3.63, 3.8) is 0 Å². The summed E-state index contributed by atoms with van der Waals surface area (Å²) in [6.45, 7) is 0.653. The summed E-state index contributed by atoms with van der Waals surface area (Å²) in [6, 6.07) is 4.61. The molecule has 0 amide bonds. The lowest BCUT2D eigenvalue weighted by atomic mass is 10.3. The third kappa shape index (κ3) is 3.50. The Labute approximate surface area is 117 Å². The molecule has 2 aromatic rings. The van der Waals surface area contributed by atoms with E-state index < -0.39 is 4.92 Å². The van der Waals surface area contributed by atoms with Crippen LogP contribution in [0.5, 0.6) is 0 Å². The van der Waals surface area contributed by atoms with Gasteiger partial charge in [0.05, 0.1) is 4.92 Å². The summed E-state index contributed by atoms with van der Waals surface area (Å²) in [5, 5.41) is 18.0. The summed E-state index contributed by atoms with van der Waals surface area (Å²) in [5.41, 5.74) is 0.866. The highest BCUT2D eigenvalue weighted by Gasteiger charge is 2.08. The fourth-order valence-electron chi connectivity index (χ4n) is 1.57. The summed E-state index contributed by atoms with van der Waals surface area (Å²) >= 11 is 3.30. The van der Waals surface area contributed by atoms with Crippen molar-refractivity contribution in [2.24, 2.45) is 7.05 Å². The quantitative estimate of drug-likeness (QED) is 0.672. The number of anilines is 1. The van der Waals surface area contributed by atoms with E-state index in [-0.39, 0.29) is 5.69 Å². The molecule has 7 nitrogen and oxygen atoms in total. The molecule has 0 aliphatic carbocycles. The van der Waals surface area contributed by atoms with Crippen molar-refractivity contribution in [1.29, 1.82) is 0 Å². The smallest absolute Gasteiger partial charge is 0.270 e. The van der Waals surface area contributed by atoms with Crippen molar-refractivity contribution >= 4 is 27.3 Å². The number of rotatable bonds is 5. The van der Waals surface area contributed by atoms with Crippen molar-refractivity contribution in [3.8, 4) is 0 Å². The summed E-state index contributed by atoms with van der Waals surface area (Å²) in [7, 11) is 1.82. The highest BCUT2D eigenvalue weighted by atomic mass is 79.9. The highest BCUT2D eigenvalue weighted by molar-refractivity contribution is 9.10. The normalized spacial score (nSPS) is 10.4. The fourth-order valence-corrected chi connectivity index (χ4v) is 2.08. The number of non-ortho nitro benzene ring substituents is 1. The van der Waals surface area contributed by atoms with Gasteiger partial charge in [0.2, 0.25) is 0 Å². The Morgan fingerprint density at radius 3 is 2.89 bits per heavy atom. The molecular formula is C11H12BrN5O2. The number of nitrogens with one attached hydrogen (secondary N) is 1. The molecule has 0 unspecified atom stereocenters. The molecule has 1 N–H and O–H groups in total. The van der Waals surface area contributed by atoms with Crippen LogP contribution < -0.4 is 5.32 Å². The predicted molar refractivity (Wildman–Crippen MR) is 74.0 cm³/mol. The van der Waals surface area contributed by atoms with E-state index in [0.717, 1.165) is 11.5 Å². The Kier molecular flexibility index (Phi) is 4.10. The molecule has 1 aromatic heterocycles. The summed E-state index contributed by atoms with van der Waals surface area (Å²) in [6.07, 6.45) is 2.33. The average Bonchev–Trinajstić information content (AvgIpc) is 2.77. The van der Waals surface area contributed by atoms with Crippen LogP contribution in [-0.2, 0) is 13.5 Å². The highest BCUT2D eigenvalue weighted by Crippen LogP contribution is 2.26. The third-order valence-electron chi connectivity index (χ3n) is 2.47. The molecule has 0 spiro atoms. The largest absolute Gasteiger partial charge is 0.384 e. The van der Waals surface area contributed by atoms with Crippen molar-refractivity contribution in [1.82, 2.24) is 14.8 Å². The van der Waals surface area contributed by atoms with E-state index in [1.165, 1.54) is 12.1 Å². The number of aryl methyl sites for hydroxylation is 1. The SMILES string of the molecule is Cn1cnc(CCNc2ccc([N+](=O)[O-])cc2Br)n1. The maximum atomic E-state index is 10.6. The predicted octanol–water partition coefficient (Wildman–Crippen LogP) is 2.14. The van der Waals surface area contributed by atoms with E-state index in [1.807, 2.05) is 7.05 Å². The first-order valence-electron chi connectivity index (χ1n) is 5.58. The summed E-state index contributed by atoms with van der Waals surface area (Å²) < 4.78 is 2.31. The van der Waals surface area contributed by atoms with Crippen molar-refractivity contribution in [2.75, 3.05) is 11.9 Å². The molecule has 0 aliphatic heterocycles. The molecular weight excluding hydrogens is 314 g/mol. The number of hydrogen-bond donors (Lipinski definition) is 1. The van der Waals surface area contributed by atoms with Gasteiger partial charge in [-0.2, -0.15) is 5.10 Å². The number of nitro groups is 1. The summed E-state index contributed by atoms with van der Waals surface area (Å²) in [4.78, 5) is 14.3. The summed E-state index contributed by atoms with van der Waals surface area (Å²) in [5.74, 6) is 0.757. The number of hydrogen-bond acceptors (Lipinski definition) is 5. The Morgan fingerprint density at radius 2 is 2.32 bits per heavy atom. The van der Waals surface area contributed by atoms with Crippen LogP contribution in [0.2, 0.25) is 0 Å². The van der Waals surface area contributed by atoms with E-state index in [1.54, 1.807) is 17.1 Å². The molecule has 0 radical (unpaired) electrons. The topological polar surface area (TPSA) is 85.9 Å². The van der Waals surface area contributed by atoms with Gasteiger partial charge >= 0.3 is 0 Å². The first-order valence-corrected chi connectivity index (χ1v) is 6.38. The first-order chi connectivity index (χ1) is 9.06. The van der Waals surface area contributed by atoms with E-state index in [4.69, 9.17) is 0 Å². The van der Waals surface area contributed by atoms with Crippen LogP contribution >= 0.6 is 15.9 Å². The Bertz CT molecular complexity index is 599. The van der Waals surface area contributed by atoms with Crippen LogP contribution in [0, 0.1) is 10.1 Å². The monoisotopic (exact) mass is 325 g/mol. The molecule has 0 atom stereocenters. The van der Waals surface area contributed by atoms with Crippen molar-refractivity contribution in [2.45, 2.75) is 6.42 Å². The van der Waals surface area contributed by atoms with Crippen LogP contribution in [0.25, 0.3) is 0 Å². The van der Waals surface area contributed by atoms with Crippen LogP contribution in [-0.4, -0.2) is 26.2 Å². The minimum Gasteiger partial charge on any atom is -0.384 e. The van der Waals surface area contributed by atoms with E-state index in [0.29, 0.717) is 17.4 Å². The van der Waals surface area contributed by atoms with Gasteiger partial charge in [-0.25, -0.2) is 4.98 Å².